The van der Waals surface area contributed by atoms with Crippen molar-refractivity contribution in [1.29, 1.82) is 0 Å². The summed E-state index contributed by atoms with van der Waals surface area (Å²) in [6.07, 6.45) is 0. The summed E-state index contributed by atoms with van der Waals surface area (Å²) in [5.74, 6) is 0.0126. The van der Waals surface area contributed by atoms with E-state index in [1.807, 2.05) is 0 Å². The standard InChI is InChI=1S/C11H13NO4/c1-4-16-10-6-5-9(8(3)13)7(2)11(10)12(14)15/h5-6H,4H2,1-3H3. The van der Waals surface area contributed by atoms with E-state index in [9.17, 15) is 14.9 Å². The maximum absolute atomic E-state index is 11.2. The van der Waals surface area contributed by atoms with Gasteiger partial charge in [0.05, 0.1) is 11.5 Å². The van der Waals surface area contributed by atoms with Crippen LogP contribution in [0.3, 0.4) is 0 Å². The van der Waals surface area contributed by atoms with Crippen molar-refractivity contribution in [3.8, 4) is 5.75 Å². The van der Waals surface area contributed by atoms with Crippen LogP contribution in [-0.2, 0) is 0 Å². The van der Waals surface area contributed by atoms with Gasteiger partial charge >= 0.3 is 5.69 Å². The Morgan fingerprint density at radius 1 is 1.50 bits per heavy atom. The molecule has 0 aromatic heterocycles. The third-order valence-electron chi connectivity index (χ3n) is 2.26. The number of carbonyl (C=O) groups excluding carboxylic acids is 1. The zero-order valence-electron chi connectivity index (χ0n) is 9.44. The van der Waals surface area contributed by atoms with E-state index in [1.54, 1.807) is 19.9 Å². The van der Waals surface area contributed by atoms with Crippen LogP contribution in [0.25, 0.3) is 0 Å². The average Bonchev–Trinajstić information content (AvgIpc) is 2.17. The first-order valence-electron chi connectivity index (χ1n) is 4.90. The molecule has 0 radical (unpaired) electrons. The normalized spacial score (nSPS) is 9.94. The van der Waals surface area contributed by atoms with Gasteiger partial charge in [0.2, 0.25) is 0 Å². The van der Waals surface area contributed by atoms with E-state index in [0.29, 0.717) is 17.7 Å². The van der Waals surface area contributed by atoms with Gasteiger partial charge in [-0.25, -0.2) is 0 Å². The summed E-state index contributed by atoms with van der Waals surface area (Å²) in [6.45, 7) is 5.03. The monoisotopic (exact) mass is 223 g/mol. The third kappa shape index (κ3) is 2.18. The molecule has 1 aromatic carbocycles. The minimum atomic E-state index is -0.521. The first-order chi connectivity index (χ1) is 7.49. The lowest BCUT2D eigenvalue weighted by Gasteiger charge is -2.08. The van der Waals surface area contributed by atoms with Crippen LogP contribution in [0.5, 0.6) is 5.75 Å². The number of benzene rings is 1. The van der Waals surface area contributed by atoms with Crippen LogP contribution in [0, 0.1) is 17.0 Å². The van der Waals surface area contributed by atoms with Gasteiger partial charge in [-0.3, -0.25) is 14.9 Å². The molecule has 86 valence electrons. The summed E-state index contributed by atoms with van der Waals surface area (Å²) in [6, 6.07) is 3.01. The summed E-state index contributed by atoms with van der Waals surface area (Å²) in [4.78, 5) is 21.6. The second kappa shape index (κ2) is 4.74. The van der Waals surface area contributed by atoms with Crippen molar-refractivity contribution >= 4 is 11.5 Å². The van der Waals surface area contributed by atoms with Crippen molar-refractivity contribution < 1.29 is 14.5 Å². The fourth-order valence-electron chi connectivity index (χ4n) is 1.56. The third-order valence-corrected chi connectivity index (χ3v) is 2.26. The lowest BCUT2D eigenvalue weighted by Crippen LogP contribution is -2.04. The van der Waals surface area contributed by atoms with E-state index < -0.39 is 4.92 Å². The zero-order valence-corrected chi connectivity index (χ0v) is 9.44. The molecule has 0 saturated carbocycles. The van der Waals surface area contributed by atoms with Gasteiger partial charge in [-0.15, -0.1) is 0 Å². The summed E-state index contributed by atoms with van der Waals surface area (Å²) >= 11 is 0. The molecule has 0 N–H and O–H groups in total. The van der Waals surface area contributed by atoms with Crippen LogP contribution >= 0.6 is 0 Å². The van der Waals surface area contributed by atoms with Crippen LogP contribution in [0.15, 0.2) is 12.1 Å². The predicted molar refractivity (Wildman–Crippen MR) is 59.0 cm³/mol. The number of ketones is 1. The number of ether oxygens (including phenoxy) is 1. The molecule has 0 heterocycles. The first kappa shape index (κ1) is 12.2. The molecule has 0 unspecified atom stereocenters. The van der Waals surface area contributed by atoms with E-state index >= 15 is 0 Å². The Kier molecular flexibility index (Phi) is 3.60. The highest BCUT2D eigenvalue weighted by molar-refractivity contribution is 5.96. The maximum Gasteiger partial charge on any atom is 0.314 e. The zero-order chi connectivity index (χ0) is 12.3. The molecule has 5 heteroatoms. The van der Waals surface area contributed by atoms with E-state index in [-0.39, 0.29) is 17.2 Å². The molecule has 1 aromatic rings. The quantitative estimate of drug-likeness (QED) is 0.446. The Hall–Kier alpha value is -1.91. The largest absolute Gasteiger partial charge is 0.487 e. The molecule has 16 heavy (non-hydrogen) atoms. The fourth-order valence-corrected chi connectivity index (χ4v) is 1.56. The van der Waals surface area contributed by atoms with E-state index in [1.165, 1.54) is 13.0 Å². The topological polar surface area (TPSA) is 69.4 Å². The van der Waals surface area contributed by atoms with Crippen LogP contribution < -0.4 is 4.74 Å². The van der Waals surface area contributed by atoms with Crippen LogP contribution in [-0.4, -0.2) is 17.3 Å². The number of nitro groups is 1. The molecular weight excluding hydrogens is 210 g/mol. The number of hydrogen-bond donors (Lipinski definition) is 0. The van der Waals surface area contributed by atoms with E-state index in [4.69, 9.17) is 4.74 Å². The summed E-state index contributed by atoms with van der Waals surface area (Å²) < 4.78 is 5.16. The summed E-state index contributed by atoms with van der Waals surface area (Å²) in [5, 5.41) is 10.9. The van der Waals surface area contributed by atoms with Crippen LogP contribution in [0.4, 0.5) is 5.69 Å². The van der Waals surface area contributed by atoms with Crippen molar-refractivity contribution in [2.24, 2.45) is 0 Å². The maximum atomic E-state index is 11.2. The van der Waals surface area contributed by atoms with Crippen molar-refractivity contribution in [3.63, 3.8) is 0 Å². The summed E-state index contributed by atoms with van der Waals surface area (Å²) in [5.41, 5.74) is 0.577. The fraction of sp³-hybridized carbons (Fsp3) is 0.364. The van der Waals surface area contributed by atoms with Crippen LogP contribution in [0.2, 0.25) is 0 Å². The molecule has 0 saturated heterocycles. The average molecular weight is 223 g/mol. The number of carbonyl (C=O) groups is 1. The van der Waals surface area contributed by atoms with Gasteiger partial charge in [0, 0.05) is 11.1 Å². The van der Waals surface area contributed by atoms with Gasteiger partial charge in [0.1, 0.15) is 0 Å². The van der Waals surface area contributed by atoms with E-state index in [0.717, 1.165) is 0 Å². The lowest BCUT2D eigenvalue weighted by atomic mass is 10.0. The molecule has 0 bridgehead atoms. The number of hydrogen-bond acceptors (Lipinski definition) is 4. The van der Waals surface area contributed by atoms with Crippen LogP contribution in [0.1, 0.15) is 29.8 Å². The lowest BCUT2D eigenvalue weighted by molar-refractivity contribution is -0.386. The molecule has 0 aliphatic heterocycles. The molecule has 0 amide bonds. The smallest absolute Gasteiger partial charge is 0.314 e. The van der Waals surface area contributed by atoms with E-state index in [2.05, 4.69) is 0 Å². The number of nitro benzene ring substituents is 1. The highest BCUT2D eigenvalue weighted by atomic mass is 16.6. The number of nitrogens with zero attached hydrogens (tertiary/aromatic N) is 1. The first-order valence-corrected chi connectivity index (χ1v) is 4.90. The second-order valence-corrected chi connectivity index (χ2v) is 3.33. The summed E-state index contributed by atoms with van der Waals surface area (Å²) in [7, 11) is 0. The molecule has 0 spiro atoms. The minimum Gasteiger partial charge on any atom is -0.487 e. The minimum absolute atomic E-state index is 0.130. The van der Waals surface area contributed by atoms with Gasteiger partial charge in [-0.05, 0) is 32.9 Å². The Bertz CT molecular complexity index is 440. The Morgan fingerprint density at radius 3 is 2.56 bits per heavy atom. The molecule has 0 fully saturated rings. The number of Topliss-reactive ketones (excluding diaryl/α,β-unsaturated/α-hetero) is 1. The van der Waals surface area contributed by atoms with Gasteiger partial charge in [-0.2, -0.15) is 0 Å². The van der Waals surface area contributed by atoms with Gasteiger partial charge < -0.3 is 4.74 Å². The van der Waals surface area contributed by atoms with Gasteiger partial charge in [-0.1, -0.05) is 0 Å². The molecule has 0 aliphatic carbocycles. The van der Waals surface area contributed by atoms with Crippen molar-refractivity contribution in [1.82, 2.24) is 0 Å². The SMILES string of the molecule is CCOc1ccc(C(C)=O)c(C)c1[N+](=O)[O-]. The van der Waals surface area contributed by atoms with Crippen molar-refractivity contribution in [3.05, 3.63) is 33.4 Å². The number of rotatable bonds is 4. The Labute approximate surface area is 93.2 Å². The molecule has 0 aliphatic rings. The van der Waals surface area contributed by atoms with Crippen molar-refractivity contribution in [2.45, 2.75) is 20.8 Å². The molecule has 0 atom stereocenters. The highest BCUT2D eigenvalue weighted by Crippen LogP contribution is 2.32. The van der Waals surface area contributed by atoms with Gasteiger partial charge in [0.25, 0.3) is 0 Å². The Morgan fingerprint density at radius 2 is 2.12 bits per heavy atom. The van der Waals surface area contributed by atoms with Crippen molar-refractivity contribution in [2.75, 3.05) is 6.61 Å². The van der Waals surface area contributed by atoms with Gasteiger partial charge in [0.15, 0.2) is 11.5 Å². The predicted octanol–water partition coefficient (Wildman–Crippen LogP) is 2.50. The molecule has 1 rings (SSSR count). The highest BCUT2D eigenvalue weighted by Gasteiger charge is 2.22. The molecular formula is C11H13NO4. The second-order valence-electron chi connectivity index (χ2n) is 3.33. The Balaban J connectivity index is 3.41. The molecule has 5 nitrogen and oxygen atoms in total.